The highest BCUT2D eigenvalue weighted by Gasteiger charge is 2.12. The van der Waals surface area contributed by atoms with Gasteiger partial charge in [-0.1, -0.05) is 0 Å². The van der Waals surface area contributed by atoms with Crippen molar-refractivity contribution in [1.82, 2.24) is 4.98 Å². The third-order valence-corrected chi connectivity index (χ3v) is 2.21. The number of aromatic nitrogens is 1. The van der Waals surface area contributed by atoms with E-state index in [-0.39, 0.29) is 24.8 Å². The predicted octanol–water partition coefficient (Wildman–Crippen LogP) is 1.83. The second-order valence-corrected chi connectivity index (χ2v) is 3.70. The van der Waals surface area contributed by atoms with Crippen molar-refractivity contribution in [1.29, 1.82) is 0 Å². The Bertz CT molecular complexity index is 318. The maximum Gasteiger partial charge on any atom is 0.307 e. The molecule has 1 heterocycles. The van der Waals surface area contributed by atoms with E-state index in [4.69, 9.17) is 5.73 Å². The van der Waals surface area contributed by atoms with Crippen molar-refractivity contribution < 1.29 is 9.53 Å². The van der Waals surface area contributed by atoms with E-state index in [0.29, 0.717) is 5.69 Å². The van der Waals surface area contributed by atoms with Crippen LogP contribution in [0.3, 0.4) is 0 Å². The van der Waals surface area contributed by atoms with Crippen LogP contribution in [0.25, 0.3) is 0 Å². The summed E-state index contributed by atoms with van der Waals surface area (Å²) in [5, 5.41) is 0. The Balaban J connectivity index is 0.00000196. The summed E-state index contributed by atoms with van der Waals surface area (Å²) in [5.74, 6) is -0.331. The molecule has 2 N–H and O–H groups in total. The third-order valence-electron chi connectivity index (χ3n) is 1.74. The van der Waals surface area contributed by atoms with E-state index in [2.05, 4.69) is 25.7 Å². The monoisotopic (exact) mass is 294 g/mol. The maximum atomic E-state index is 10.9. The van der Waals surface area contributed by atoms with E-state index in [9.17, 15) is 4.79 Å². The number of esters is 1. The Morgan fingerprint density at radius 3 is 2.80 bits per heavy atom. The molecule has 0 spiro atoms. The molecule has 1 atom stereocenters. The summed E-state index contributed by atoms with van der Waals surface area (Å²) in [6.45, 7) is 0. The molecule has 0 aliphatic carbocycles. The van der Waals surface area contributed by atoms with E-state index in [1.165, 1.54) is 7.11 Å². The summed E-state index contributed by atoms with van der Waals surface area (Å²) >= 11 is 3.26. The van der Waals surface area contributed by atoms with Gasteiger partial charge < -0.3 is 10.5 Å². The van der Waals surface area contributed by atoms with Gasteiger partial charge in [0.05, 0.1) is 25.3 Å². The van der Waals surface area contributed by atoms with Crippen LogP contribution in [0, 0.1) is 0 Å². The quantitative estimate of drug-likeness (QED) is 0.864. The third kappa shape index (κ3) is 4.59. The fraction of sp³-hybridized carbons (Fsp3) is 0.333. The molecule has 6 heteroatoms. The first-order chi connectivity index (χ1) is 6.63. The fourth-order valence-corrected chi connectivity index (χ4v) is 1.21. The van der Waals surface area contributed by atoms with Crippen molar-refractivity contribution >= 4 is 34.3 Å². The molecule has 0 fully saturated rings. The highest BCUT2D eigenvalue weighted by Crippen LogP contribution is 2.14. The Morgan fingerprint density at radius 1 is 1.67 bits per heavy atom. The summed E-state index contributed by atoms with van der Waals surface area (Å²) in [7, 11) is 1.34. The minimum absolute atomic E-state index is 0. The minimum Gasteiger partial charge on any atom is -0.469 e. The zero-order valence-electron chi connectivity index (χ0n) is 8.14. The summed E-state index contributed by atoms with van der Waals surface area (Å²) in [6.07, 6.45) is 1.79. The Morgan fingerprint density at radius 2 is 2.33 bits per heavy atom. The summed E-state index contributed by atoms with van der Waals surface area (Å²) < 4.78 is 5.39. The molecule has 1 aromatic heterocycles. The van der Waals surface area contributed by atoms with Gasteiger partial charge in [-0.25, -0.2) is 0 Å². The van der Waals surface area contributed by atoms with Crippen LogP contribution in [-0.4, -0.2) is 18.1 Å². The molecule has 84 valence electrons. The lowest BCUT2D eigenvalue weighted by atomic mass is 10.1. The first-order valence-electron chi connectivity index (χ1n) is 4.07. The highest BCUT2D eigenvalue weighted by atomic mass is 79.9. The number of carbonyl (C=O) groups excluding carboxylic acids is 1. The highest BCUT2D eigenvalue weighted by molar-refractivity contribution is 9.10. The Labute approximate surface area is 103 Å². The lowest BCUT2D eigenvalue weighted by Crippen LogP contribution is -2.17. The van der Waals surface area contributed by atoms with Crippen molar-refractivity contribution in [2.24, 2.45) is 5.73 Å². The fourth-order valence-electron chi connectivity index (χ4n) is 0.974. The Hall–Kier alpha value is -0.650. The van der Waals surface area contributed by atoms with E-state index in [1.807, 2.05) is 6.07 Å². The van der Waals surface area contributed by atoms with Gasteiger partial charge >= 0.3 is 5.97 Å². The molecule has 0 aliphatic heterocycles. The van der Waals surface area contributed by atoms with Crippen LogP contribution in [0.4, 0.5) is 0 Å². The molecular formula is C9H12BrClN2O2. The maximum absolute atomic E-state index is 10.9. The normalized spacial score (nSPS) is 11.4. The molecule has 0 aromatic carbocycles. The molecule has 0 saturated heterocycles. The number of nitrogens with two attached hydrogens (primary N) is 1. The smallest absolute Gasteiger partial charge is 0.307 e. The van der Waals surface area contributed by atoms with Crippen molar-refractivity contribution in [2.75, 3.05) is 7.11 Å². The molecule has 0 bridgehead atoms. The van der Waals surface area contributed by atoms with E-state index in [0.717, 1.165) is 4.47 Å². The lowest BCUT2D eigenvalue weighted by molar-refractivity contribution is -0.141. The molecule has 0 radical (unpaired) electrons. The van der Waals surface area contributed by atoms with Gasteiger partial charge in [-0.2, -0.15) is 0 Å². The first-order valence-corrected chi connectivity index (χ1v) is 4.86. The molecule has 4 nitrogen and oxygen atoms in total. The zero-order chi connectivity index (χ0) is 10.6. The van der Waals surface area contributed by atoms with Crippen LogP contribution >= 0.6 is 28.3 Å². The molecule has 0 saturated carbocycles. The zero-order valence-corrected chi connectivity index (χ0v) is 10.5. The molecule has 0 amide bonds. The SMILES string of the molecule is COC(=O)C[C@H](N)c1ccc(Br)cn1.Cl. The molecular weight excluding hydrogens is 283 g/mol. The summed E-state index contributed by atoms with van der Waals surface area (Å²) in [6, 6.07) is 3.20. The van der Waals surface area contributed by atoms with E-state index in [1.54, 1.807) is 12.3 Å². The first kappa shape index (κ1) is 14.3. The van der Waals surface area contributed by atoms with Crippen LogP contribution in [0.2, 0.25) is 0 Å². The number of nitrogens with zero attached hydrogens (tertiary/aromatic N) is 1. The van der Waals surface area contributed by atoms with Gasteiger partial charge in [0.15, 0.2) is 0 Å². The van der Waals surface area contributed by atoms with Gasteiger partial charge in [0.25, 0.3) is 0 Å². The van der Waals surface area contributed by atoms with E-state index < -0.39 is 6.04 Å². The second kappa shape index (κ2) is 6.76. The van der Waals surface area contributed by atoms with Gasteiger partial charge in [-0.3, -0.25) is 9.78 Å². The van der Waals surface area contributed by atoms with Gasteiger partial charge in [-0.05, 0) is 28.1 Å². The number of methoxy groups -OCH3 is 1. The van der Waals surface area contributed by atoms with Crippen LogP contribution in [0.15, 0.2) is 22.8 Å². The number of hydrogen-bond acceptors (Lipinski definition) is 4. The molecule has 0 unspecified atom stereocenters. The summed E-state index contributed by atoms with van der Waals surface area (Å²) in [4.78, 5) is 15.0. The van der Waals surface area contributed by atoms with Crippen LogP contribution in [0.5, 0.6) is 0 Å². The summed E-state index contributed by atoms with van der Waals surface area (Å²) in [5.41, 5.74) is 6.42. The predicted molar refractivity (Wildman–Crippen MR) is 62.7 cm³/mol. The number of pyridine rings is 1. The number of hydrogen-bond donors (Lipinski definition) is 1. The minimum atomic E-state index is -0.407. The average molecular weight is 296 g/mol. The number of ether oxygens (including phenoxy) is 1. The van der Waals surface area contributed by atoms with Gasteiger partial charge in [0.2, 0.25) is 0 Å². The average Bonchev–Trinajstić information content (AvgIpc) is 2.18. The van der Waals surface area contributed by atoms with Crippen molar-refractivity contribution in [3.63, 3.8) is 0 Å². The largest absolute Gasteiger partial charge is 0.469 e. The van der Waals surface area contributed by atoms with Crippen molar-refractivity contribution in [2.45, 2.75) is 12.5 Å². The van der Waals surface area contributed by atoms with Crippen molar-refractivity contribution in [3.8, 4) is 0 Å². The van der Waals surface area contributed by atoms with Gasteiger partial charge in [-0.15, -0.1) is 12.4 Å². The number of rotatable bonds is 3. The molecule has 1 rings (SSSR count). The van der Waals surface area contributed by atoms with Crippen LogP contribution in [-0.2, 0) is 9.53 Å². The van der Waals surface area contributed by atoms with E-state index >= 15 is 0 Å². The number of carbonyl (C=O) groups is 1. The standard InChI is InChI=1S/C9H11BrN2O2.ClH/c1-14-9(13)4-7(11)8-3-2-6(10)5-12-8;/h2-3,5,7H,4,11H2,1H3;1H/t7-;/m0./s1. The van der Waals surface area contributed by atoms with Crippen LogP contribution in [0.1, 0.15) is 18.2 Å². The van der Waals surface area contributed by atoms with Crippen molar-refractivity contribution in [3.05, 3.63) is 28.5 Å². The van der Waals surface area contributed by atoms with Crippen LogP contribution < -0.4 is 5.73 Å². The Kier molecular flexibility index (Phi) is 6.47. The topological polar surface area (TPSA) is 65.2 Å². The molecule has 1 aromatic rings. The number of halogens is 2. The van der Waals surface area contributed by atoms with Gasteiger partial charge in [0.1, 0.15) is 0 Å². The lowest BCUT2D eigenvalue weighted by Gasteiger charge is -2.08. The second-order valence-electron chi connectivity index (χ2n) is 2.79. The molecule has 0 aliphatic rings. The molecule has 15 heavy (non-hydrogen) atoms. The van der Waals surface area contributed by atoms with Gasteiger partial charge in [0, 0.05) is 10.7 Å².